The summed E-state index contributed by atoms with van der Waals surface area (Å²) in [6, 6.07) is 9.70. The lowest BCUT2D eigenvalue weighted by molar-refractivity contribution is -0.142. The maximum Gasteiger partial charge on any atom is 0.408 e. The summed E-state index contributed by atoms with van der Waals surface area (Å²) in [4.78, 5) is 12.1. The van der Waals surface area contributed by atoms with E-state index in [4.69, 9.17) is 0 Å². The third-order valence-corrected chi connectivity index (χ3v) is 3.60. The number of nitrogens with zero attached hydrogens (tertiary/aromatic N) is 2. The van der Waals surface area contributed by atoms with E-state index in [-0.39, 0.29) is 23.4 Å². The number of alkyl halides is 3. The van der Waals surface area contributed by atoms with Crippen LogP contribution in [0.1, 0.15) is 17.9 Å². The number of carbonyl (C=O) groups is 1. The van der Waals surface area contributed by atoms with Crippen molar-refractivity contribution in [2.24, 2.45) is 5.92 Å². The topological polar surface area (TPSA) is 46.9 Å². The first kappa shape index (κ1) is 14.6. The van der Waals surface area contributed by atoms with Crippen LogP contribution in [0.2, 0.25) is 0 Å². The van der Waals surface area contributed by atoms with Crippen LogP contribution in [0, 0.1) is 5.92 Å². The van der Waals surface area contributed by atoms with Crippen molar-refractivity contribution in [2.45, 2.75) is 25.1 Å². The van der Waals surface area contributed by atoms with Crippen LogP contribution in [0.15, 0.2) is 42.7 Å². The zero-order valence-electron chi connectivity index (χ0n) is 11.5. The minimum Gasteiger partial charge on any atom is -0.323 e. The molecule has 1 amide bonds. The number of rotatable bonds is 4. The first-order valence-corrected chi connectivity index (χ1v) is 6.87. The van der Waals surface area contributed by atoms with E-state index in [2.05, 4.69) is 10.4 Å². The molecule has 7 heteroatoms. The number of anilines is 1. The molecule has 0 spiro atoms. The van der Waals surface area contributed by atoms with E-state index in [1.807, 2.05) is 30.3 Å². The Kier molecular flexibility index (Phi) is 3.64. The molecular formula is C15H14F3N3O. The summed E-state index contributed by atoms with van der Waals surface area (Å²) in [5, 5.41) is 6.21. The highest BCUT2D eigenvalue weighted by molar-refractivity contribution is 5.95. The second-order valence-corrected chi connectivity index (χ2v) is 5.39. The fourth-order valence-corrected chi connectivity index (χ4v) is 2.49. The summed E-state index contributed by atoms with van der Waals surface area (Å²) in [6.07, 6.45) is -1.16. The highest BCUT2D eigenvalue weighted by atomic mass is 19.4. The third kappa shape index (κ3) is 3.47. The first-order chi connectivity index (χ1) is 10.4. The Hall–Kier alpha value is -2.31. The maximum atomic E-state index is 12.2. The molecule has 0 aliphatic heterocycles. The Morgan fingerprint density at radius 1 is 1.32 bits per heavy atom. The average Bonchev–Trinajstić information content (AvgIpc) is 3.15. The molecule has 1 heterocycles. The number of halogens is 3. The van der Waals surface area contributed by atoms with Gasteiger partial charge < -0.3 is 5.32 Å². The Bertz CT molecular complexity index is 666. The van der Waals surface area contributed by atoms with Gasteiger partial charge in [0.25, 0.3) is 0 Å². The Labute approximate surface area is 124 Å². The third-order valence-electron chi connectivity index (χ3n) is 3.60. The predicted molar refractivity (Wildman–Crippen MR) is 74.2 cm³/mol. The molecule has 0 unspecified atom stereocenters. The fraction of sp³-hybridized carbons (Fsp3) is 0.333. The largest absolute Gasteiger partial charge is 0.408 e. The van der Waals surface area contributed by atoms with Crippen LogP contribution in [0.5, 0.6) is 0 Å². The Morgan fingerprint density at radius 3 is 2.73 bits per heavy atom. The molecule has 3 rings (SSSR count). The number of benzene rings is 1. The van der Waals surface area contributed by atoms with Gasteiger partial charge in [0.2, 0.25) is 5.91 Å². The lowest BCUT2D eigenvalue weighted by Gasteiger charge is -2.05. The molecule has 4 nitrogen and oxygen atoms in total. The Balaban J connectivity index is 1.57. The molecule has 1 saturated carbocycles. The van der Waals surface area contributed by atoms with E-state index in [9.17, 15) is 18.0 Å². The molecule has 1 fully saturated rings. The van der Waals surface area contributed by atoms with Gasteiger partial charge in [0.1, 0.15) is 6.54 Å². The fourth-order valence-electron chi connectivity index (χ4n) is 2.49. The van der Waals surface area contributed by atoms with Crippen molar-refractivity contribution < 1.29 is 18.0 Å². The minimum atomic E-state index is -4.33. The van der Waals surface area contributed by atoms with Gasteiger partial charge in [0.15, 0.2) is 0 Å². The SMILES string of the molecule is O=C(Nc1cnn(CC(F)(F)F)c1)[C@@H]1C[C@H]1c1ccccc1. The number of aromatic nitrogens is 2. The molecule has 0 bridgehead atoms. The zero-order chi connectivity index (χ0) is 15.7. The van der Waals surface area contributed by atoms with Crippen LogP contribution < -0.4 is 5.32 Å². The Morgan fingerprint density at radius 2 is 2.05 bits per heavy atom. The average molecular weight is 309 g/mol. The van der Waals surface area contributed by atoms with E-state index >= 15 is 0 Å². The lowest BCUT2D eigenvalue weighted by atomic mass is 10.1. The minimum absolute atomic E-state index is 0.131. The summed E-state index contributed by atoms with van der Waals surface area (Å²) in [5.74, 6) is -0.125. The molecule has 1 aliphatic rings. The standard InChI is InChI=1S/C15H14F3N3O/c16-15(17,18)9-21-8-11(7-19-21)20-14(22)13-6-12(13)10-4-2-1-3-5-10/h1-5,7-8,12-13H,6,9H2,(H,20,22)/t12-,13+/m0/s1. The van der Waals surface area contributed by atoms with Crippen LogP contribution in [0.3, 0.4) is 0 Å². The van der Waals surface area contributed by atoms with Crippen molar-refractivity contribution in [1.29, 1.82) is 0 Å². The van der Waals surface area contributed by atoms with E-state index in [1.54, 1.807) is 0 Å². The maximum absolute atomic E-state index is 12.2. The summed E-state index contributed by atoms with van der Waals surface area (Å²) >= 11 is 0. The second-order valence-electron chi connectivity index (χ2n) is 5.39. The van der Waals surface area contributed by atoms with Crippen LogP contribution in [0.25, 0.3) is 0 Å². The van der Waals surface area contributed by atoms with Gasteiger partial charge in [-0.1, -0.05) is 30.3 Å². The summed E-state index contributed by atoms with van der Waals surface area (Å²) in [6.45, 7) is -1.17. The molecule has 116 valence electrons. The quantitative estimate of drug-likeness (QED) is 0.943. The summed E-state index contributed by atoms with van der Waals surface area (Å²) in [5.41, 5.74) is 1.39. The number of hydrogen-bond acceptors (Lipinski definition) is 2. The number of hydrogen-bond donors (Lipinski definition) is 1. The van der Waals surface area contributed by atoms with Crippen LogP contribution in [-0.4, -0.2) is 21.9 Å². The van der Waals surface area contributed by atoms with Crippen LogP contribution in [-0.2, 0) is 11.3 Å². The van der Waals surface area contributed by atoms with Gasteiger partial charge in [-0.25, -0.2) is 0 Å². The highest BCUT2D eigenvalue weighted by Crippen LogP contribution is 2.47. The van der Waals surface area contributed by atoms with Crippen molar-refractivity contribution in [3.05, 3.63) is 48.3 Å². The highest BCUT2D eigenvalue weighted by Gasteiger charge is 2.43. The molecular weight excluding hydrogens is 295 g/mol. The van der Waals surface area contributed by atoms with Crippen molar-refractivity contribution in [3.8, 4) is 0 Å². The van der Waals surface area contributed by atoms with Crippen LogP contribution >= 0.6 is 0 Å². The summed E-state index contributed by atoms with van der Waals surface area (Å²) in [7, 11) is 0. The van der Waals surface area contributed by atoms with E-state index in [1.165, 1.54) is 12.4 Å². The van der Waals surface area contributed by atoms with Gasteiger partial charge in [-0.3, -0.25) is 9.48 Å². The van der Waals surface area contributed by atoms with Gasteiger partial charge in [-0.2, -0.15) is 18.3 Å². The van der Waals surface area contributed by atoms with Gasteiger partial charge in [-0.05, 0) is 17.9 Å². The molecule has 0 saturated heterocycles. The number of nitrogens with one attached hydrogen (secondary N) is 1. The molecule has 1 aliphatic carbocycles. The molecule has 1 aromatic carbocycles. The van der Waals surface area contributed by atoms with Crippen LogP contribution in [0.4, 0.5) is 18.9 Å². The molecule has 1 N–H and O–H groups in total. The second kappa shape index (κ2) is 5.47. The summed E-state index contributed by atoms with van der Waals surface area (Å²) < 4.78 is 37.5. The zero-order valence-corrected chi connectivity index (χ0v) is 11.5. The van der Waals surface area contributed by atoms with Crippen molar-refractivity contribution >= 4 is 11.6 Å². The predicted octanol–water partition coefficient (Wildman–Crippen LogP) is 3.19. The lowest BCUT2D eigenvalue weighted by Crippen LogP contribution is -2.18. The number of amides is 1. The van der Waals surface area contributed by atoms with Crippen molar-refractivity contribution in [3.63, 3.8) is 0 Å². The van der Waals surface area contributed by atoms with Gasteiger partial charge in [0, 0.05) is 12.1 Å². The van der Waals surface area contributed by atoms with E-state index in [0.29, 0.717) is 0 Å². The van der Waals surface area contributed by atoms with Crippen molar-refractivity contribution in [2.75, 3.05) is 5.32 Å². The normalized spacial score (nSPS) is 20.7. The molecule has 2 atom stereocenters. The first-order valence-electron chi connectivity index (χ1n) is 6.87. The molecule has 22 heavy (non-hydrogen) atoms. The van der Waals surface area contributed by atoms with Gasteiger partial charge in [0.05, 0.1) is 11.9 Å². The number of carbonyl (C=O) groups excluding carboxylic acids is 1. The monoisotopic (exact) mass is 309 g/mol. The van der Waals surface area contributed by atoms with Gasteiger partial charge >= 0.3 is 6.18 Å². The molecule has 1 aromatic heterocycles. The van der Waals surface area contributed by atoms with Gasteiger partial charge in [-0.15, -0.1) is 0 Å². The van der Waals surface area contributed by atoms with Crippen molar-refractivity contribution in [1.82, 2.24) is 9.78 Å². The molecule has 2 aromatic rings. The smallest absolute Gasteiger partial charge is 0.323 e. The van der Waals surface area contributed by atoms with E-state index in [0.717, 1.165) is 16.7 Å². The van der Waals surface area contributed by atoms with E-state index < -0.39 is 12.7 Å². The molecule has 0 radical (unpaired) electrons.